The molecule has 1 aromatic heterocycles. The summed E-state index contributed by atoms with van der Waals surface area (Å²) in [6, 6.07) is 4.20. The van der Waals surface area contributed by atoms with Gasteiger partial charge >= 0.3 is 0 Å². The van der Waals surface area contributed by atoms with Crippen LogP contribution in [0.3, 0.4) is 0 Å². The maximum atomic E-state index is 8.33. The monoisotopic (exact) mass is 305 g/mol. The average Bonchev–Trinajstić information content (AvgIpc) is 2.69. The lowest BCUT2D eigenvalue weighted by Gasteiger charge is -2.02. The second kappa shape index (κ2) is 7.65. The Morgan fingerprint density at radius 3 is 2.94 bits per heavy atom. The van der Waals surface area contributed by atoms with Crippen molar-refractivity contribution in [2.24, 2.45) is 10.9 Å². The quantitative estimate of drug-likeness (QED) is 0.238. The van der Waals surface area contributed by atoms with Crippen molar-refractivity contribution in [3.8, 4) is 0 Å². The topological polar surface area (TPSA) is 70.6 Å². The summed E-state index contributed by atoms with van der Waals surface area (Å²) >= 11 is 5.20. The highest BCUT2D eigenvalue weighted by Gasteiger charge is 1.97. The summed E-state index contributed by atoms with van der Waals surface area (Å²) in [5, 5.41) is 14.6. The molecule has 0 unspecified atom stereocenters. The third-order valence-electron chi connectivity index (χ3n) is 2.09. The van der Waals surface area contributed by atoms with Crippen molar-refractivity contribution in [2.75, 3.05) is 13.1 Å². The van der Waals surface area contributed by atoms with Gasteiger partial charge in [0.25, 0.3) is 0 Å². The number of nitrogens with two attached hydrogens (primary N) is 1. The SMILES string of the molecule is N/C(CCCNCCc1ccc(Br)s1)=N/O. The zero-order chi connectivity index (χ0) is 11.8. The smallest absolute Gasteiger partial charge is 0.139 e. The molecule has 1 aromatic rings. The third kappa shape index (κ3) is 5.48. The molecule has 4 nitrogen and oxygen atoms in total. The number of nitrogens with zero attached hydrogens (tertiary/aromatic N) is 1. The number of hydrogen-bond acceptors (Lipinski definition) is 4. The second-order valence-electron chi connectivity index (χ2n) is 3.40. The first-order chi connectivity index (χ1) is 7.72. The summed E-state index contributed by atoms with van der Waals surface area (Å²) in [6.07, 6.45) is 2.57. The molecule has 1 rings (SSSR count). The van der Waals surface area contributed by atoms with Gasteiger partial charge in [-0.05, 0) is 54.0 Å². The summed E-state index contributed by atoms with van der Waals surface area (Å²) in [6.45, 7) is 1.85. The van der Waals surface area contributed by atoms with E-state index in [1.165, 1.54) is 8.66 Å². The molecule has 1 heterocycles. The standard InChI is InChI=1S/C10H16BrN3OS/c11-9-4-3-8(16-9)5-7-13-6-1-2-10(12)14-15/h3-4,13,15H,1-2,5-7H2,(H2,12,14). The molecule has 16 heavy (non-hydrogen) atoms. The fraction of sp³-hybridized carbons (Fsp3) is 0.500. The Bertz CT molecular complexity index is 341. The molecule has 0 aromatic carbocycles. The minimum absolute atomic E-state index is 0.295. The van der Waals surface area contributed by atoms with Crippen LogP contribution in [0.4, 0.5) is 0 Å². The summed E-state index contributed by atoms with van der Waals surface area (Å²) in [5.74, 6) is 0.295. The van der Waals surface area contributed by atoms with E-state index in [2.05, 4.69) is 38.5 Å². The van der Waals surface area contributed by atoms with Crippen LogP contribution in [0.1, 0.15) is 17.7 Å². The highest BCUT2D eigenvalue weighted by atomic mass is 79.9. The van der Waals surface area contributed by atoms with Crippen LogP contribution < -0.4 is 11.1 Å². The summed E-state index contributed by atoms with van der Waals surface area (Å²) in [4.78, 5) is 1.37. The van der Waals surface area contributed by atoms with Crippen molar-refractivity contribution in [3.05, 3.63) is 20.8 Å². The molecule has 0 spiro atoms. The van der Waals surface area contributed by atoms with E-state index in [1.54, 1.807) is 11.3 Å². The Kier molecular flexibility index (Phi) is 6.44. The van der Waals surface area contributed by atoms with Gasteiger partial charge < -0.3 is 16.3 Å². The minimum atomic E-state index is 0.295. The minimum Gasteiger partial charge on any atom is -0.409 e. The van der Waals surface area contributed by atoms with Gasteiger partial charge in [-0.3, -0.25) is 0 Å². The van der Waals surface area contributed by atoms with Crippen molar-refractivity contribution >= 4 is 33.1 Å². The van der Waals surface area contributed by atoms with Crippen molar-refractivity contribution < 1.29 is 5.21 Å². The maximum absolute atomic E-state index is 8.33. The van der Waals surface area contributed by atoms with Crippen LogP contribution in [-0.2, 0) is 6.42 Å². The zero-order valence-corrected chi connectivity index (χ0v) is 11.4. The maximum Gasteiger partial charge on any atom is 0.139 e. The fourth-order valence-corrected chi connectivity index (χ4v) is 2.75. The first kappa shape index (κ1) is 13.5. The van der Waals surface area contributed by atoms with E-state index in [0.717, 1.165) is 25.9 Å². The molecule has 4 N–H and O–H groups in total. The van der Waals surface area contributed by atoms with E-state index >= 15 is 0 Å². The van der Waals surface area contributed by atoms with Crippen LogP contribution in [-0.4, -0.2) is 24.1 Å². The van der Waals surface area contributed by atoms with Crippen LogP contribution in [0.25, 0.3) is 0 Å². The van der Waals surface area contributed by atoms with E-state index in [9.17, 15) is 0 Å². The van der Waals surface area contributed by atoms with E-state index in [0.29, 0.717) is 12.3 Å². The molecular weight excluding hydrogens is 290 g/mol. The first-order valence-electron chi connectivity index (χ1n) is 5.13. The van der Waals surface area contributed by atoms with E-state index in [4.69, 9.17) is 10.9 Å². The number of hydrogen-bond donors (Lipinski definition) is 3. The molecule has 90 valence electrons. The number of thiophene rings is 1. The molecular formula is C10H16BrN3OS. The largest absolute Gasteiger partial charge is 0.409 e. The molecule has 0 bridgehead atoms. The van der Waals surface area contributed by atoms with Gasteiger partial charge in [-0.2, -0.15) is 0 Å². The molecule has 0 aliphatic rings. The number of amidine groups is 1. The van der Waals surface area contributed by atoms with Gasteiger partial charge in [0.1, 0.15) is 5.84 Å². The van der Waals surface area contributed by atoms with Crippen molar-refractivity contribution in [3.63, 3.8) is 0 Å². The second-order valence-corrected chi connectivity index (χ2v) is 5.95. The Labute approximate surface area is 108 Å². The van der Waals surface area contributed by atoms with Gasteiger partial charge in [0.15, 0.2) is 0 Å². The molecule has 0 aliphatic carbocycles. The third-order valence-corrected chi connectivity index (χ3v) is 3.78. The highest BCUT2D eigenvalue weighted by molar-refractivity contribution is 9.11. The Hall–Kier alpha value is -0.590. The highest BCUT2D eigenvalue weighted by Crippen LogP contribution is 2.21. The van der Waals surface area contributed by atoms with E-state index < -0.39 is 0 Å². The lowest BCUT2D eigenvalue weighted by Crippen LogP contribution is -2.20. The van der Waals surface area contributed by atoms with Crippen molar-refractivity contribution in [2.45, 2.75) is 19.3 Å². The van der Waals surface area contributed by atoms with E-state index in [1.807, 2.05) is 0 Å². The Morgan fingerprint density at radius 1 is 1.50 bits per heavy atom. The van der Waals surface area contributed by atoms with Crippen LogP contribution >= 0.6 is 27.3 Å². The van der Waals surface area contributed by atoms with Crippen LogP contribution in [0, 0.1) is 0 Å². The van der Waals surface area contributed by atoms with Gasteiger partial charge in [-0.15, -0.1) is 11.3 Å². The average molecular weight is 306 g/mol. The van der Waals surface area contributed by atoms with Gasteiger partial charge in [0.2, 0.25) is 0 Å². The molecule has 0 atom stereocenters. The van der Waals surface area contributed by atoms with Crippen molar-refractivity contribution in [1.82, 2.24) is 5.32 Å². The molecule has 0 aliphatic heterocycles. The molecule has 0 amide bonds. The van der Waals surface area contributed by atoms with Crippen molar-refractivity contribution in [1.29, 1.82) is 0 Å². The van der Waals surface area contributed by atoms with Gasteiger partial charge in [0.05, 0.1) is 3.79 Å². The number of halogens is 1. The molecule has 0 saturated heterocycles. The predicted molar refractivity (Wildman–Crippen MR) is 71.2 cm³/mol. The van der Waals surface area contributed by atoms with Crippen LogP contribution in [0.5, 0.6) is 0 Å². The number of nitrogens with one attached hydrogen (secondary N) is 1. The Morgan fingerprint density at radius 2 is 2.31 bits per heavy atom. The Balaban J connectivity index is 2.00. The summed E-state index contributed by atoms with van der Waals surface area (Å²) < 4.78 is 1.18. The normalized spacial score (nSPS) is 11.9. The predicted octanol–water partition coefficient (Wildman–Crippen LogP) is 2.17. The molecule has 6 heteroatoms. The molecule has 0 saturated carbocycles. The van der Waals surface area contributed by atoms with Gasteiger partial charge in [-0.1, -0.05) is 5.16 Å². The lowest BCUT2D eigenvalue weighted by molar-refractivity contribution is 0.316. The van der Waals surface area contributed by atoms with E-state index in [-0.39, 0.29) is 0 Å². The summed E-state index contributed by atoms with van der Waals surface area (Å²) in [7, 11) is 0. The molecule has 0 fully saturated rings. The molecule has 0 radical (unpaired) electrons. The number of oxime groups is 1. The summed E-state index contributed by atoms with van der Waals surface area (Å²) in [5.41, 5.74) is 5.35. The number of rotatable bonds is 7. The van der Waals surface area contributed by atoms with Gasteiger partial charge in [0, 0.05) is 11.3 Å². The van der Waals surface area contributed by atoms with Gasteiger partial charge in [-0.25, -0.2) is 0 Å². The zero-order valence-electron chi connectivity index (χ0n) is 8.95. The van der Waals surface area contributed by atoms with Crippen LogP contribution in [0.2, 0.25) is 0 Å². The fourth-order valence-electron chi connectivity index (χ4n) is 1.27. The van der Waals surface area contributed by atoms with Crippen LogP contribution in [0.15, 0.2) is 21.1 Å². The first-order valence-corrected chi connectivity index (χ1v) is 6.74. The lowest BCUT2D eigenvalue weighted by atomic mass is 10.3.